The Balaban J connectivity index is 2.16. The Morgan fingerprint density at radius 1 is 1.50 bits per heavy atom. The van der Waals surface area contributed by atoms with E-state index in [4.69, 9.17) is 5.73 Å². The number of nitrogens with zero attached hydrogens (tertiary/aromatic N) is 2. The molecule has 1 aliphatic carbocycles. The number of carbonyl (C=O) groups excluding carboxylic acids is 1. The molecule has 4 nitrogen and oxygen atoms in total. The molecule has 0 spiro atoms. The Hall–Kier alpha value is -1.62. The Bertz CT molecular complexity index is 669. The summed E-state index contributed by atoms with van der Waals surface area (Å²) in [5.74, 6) is -0.298. The lowest BCUT2D eigenvalue weighted by Gasteiger charge is -2.13. The lowest BCUT2D eigenvalue weighted by molar-refractivity contribution is 0.100. The maximum Gasteiger partial charge on any atom is 0.259 e. The van der Waals surface area contributed by atoms with Crippen molar-refractivity contribution in [2.75, 3.05) is 0 Å². The van der Waals surface area contributed by atoms with Crippen LogP contribution in [0.15, 0.2) is 6.20 Å². The Kier molecular flexibility index (Phi) is 3.38. The fourth-order valence-corrected chi connectivity index (χ4v) is 4.18. The van der Waals surface area contributed by atoms with Crippen molar-refractivity contribution in [3.05, 3.63) is 27.1 Å². The number of carbonyl (C=O) groups is 1. The number of thiophene rings is 1. The molecule has 5 heteroatoms. The maximum absolute atomic E-state index is 11.7. The van der Waals surface area contributed by atoms with E-state index in [-0.39, 0.29) is 5.91 Å². The van der Waals surface area contributed by atoms with Crippen molar-refractivity contribution >= 4 is 17.2 Å². The molecule has 0 unspecified atom stereocenters. The van der Waals surface area contributed by atoms with E-state index in [0.29, 0.717) is 0 Å². The first-order chi connectivity index (χ1) is 9.61. The predicted molar refractivity (Wildman–Crippen MR) is 81.1 cm³/mol. The molecule has 20 heavy (non-hydrogen) atoms. The van der Waals surface area contributed by atoms with Crippen LogP contribution in [-0.4, -0.2) is 15.7 Å². The Morgan fingerprint density at radius 3 is 3.00 bits per heavy atom. The molecule has 2 heterocycles. The first kappa shape index (κ1) is 13.4. The molecule has 0 saturated carbocycles. The first-order valence-electron chi connectivity index (χ1n) is 7.09. The van der Waals surface area contributed by atoms with Crippen LogP contribution in [0, 0.1) is 0 Å². The van der Waals surface area contributed by atoms with Gasteiger partial charge in [0, 0.05) is 23.7 Å². The third-order valence-corrected chi connectivity index (χ3v) is 5.15. The fourth-order valence-electron chi connectivity index (χ4n) is 2.93. The Labute approximate surface area is 122 Å². The van der Waals surface area contributed by atoms with Crippen molar-refractivity contribution in [1.82, 2.24) is 9.78 Å². The number of rotatable bonds is 4. The third kappa shape index (κ3) is 2.06. The largest absolute Gasteiger partial charge is 0.365 e. The summed E-state index contributed by atoms with van der Waals surface area (Å²) in [7, 11) is 1.95. The summed E-state index contributed by atoms with van der Waals surface area (Å²) < 4.78 is 1.87. The van der Waals surface area contributed by atoms with Crippen LogP contribution in [0.4, 0.5) is 0 Å². The fraction of sp³-hybridized carbons (Fsp3) is 0.467. The number of nitrogens with two attached hydrogens (primary N) is 1. The number of hydrogen-bond acceptors (Lipinski definition) is 3. The van der Waals surface area contributed by atoms with Gasteiger partial charge in [-0.2, -0.15) is 5.10 Å². The zero-order valence-electron chi connectivity index (χ0n) is 11.9. The van der Waals surface area contributed by atoms with Crippen molar-refractivity contribution in [2.45, 2.75) is 39.0 Å². The summed E-state index contributed by atoms with van der Waals surface area (Å²) in [5.41, 5.74) is 10.2. The van der Waals surface area contributed by atoms with Crippen LogP contribution in [0.2, 0.25) is 0 Å². The SMILES string of the molecule is CCCCc1sc(C(N)=O)c2c1-c1nn(C)cc1CC2. The molecule has 2 aromatic heterocycles. The summed E-state index contributed by atoms with van der Waals surface area (Å²) in [6, 6.07) is 0. The van der Waals surface area contributed by atoms with E-state index >= 15 is 0 Å². The summed E-state index contributed by atoms with van der Waals surface area (Å²) in [4.78, 5) is 13.7. The van der Waals surface area contributed by atoms with E-state index < -0.39 is 0 Å². The summed E-state index contributed by atoms with van der Waals surface area (Å²) >= 11 is 1.57. The van der Waals surface area contributed by atoms with Crippen molar-refractivity contribution in [3.8, 4) is 11.3 Å². The second kappa shape index (κ2) is 5.05. The highest BCUT2D eigenvalue weighted by Crippen LogP contribution is 2.42. The monoisotopic (exact) mass is 289 g/mol. The lowest BCUT2D eigenvalue weighted by Crippen LogP contribution is -2.13. The van der Waals surface area contributed by atoms with Gasteiger partial charge in [-0.3, -0.25) is 9.48 Å². The molecule has 0 aromatic carbocycles. The topological polar surface area (TPSA) is 60.9 Å². The molecular weight excluding hydrogens is 270 g/mol. The molecule has 2 N–H and O–H groups in total. The standard InChI is InChI=1S/C15H19N3OS/c1-3-4-5-11-12-10(14(20-11)15(16)19)7-6-9-8-18(2)17-13(9)12/h8H,3-7H2,1-2H3,(H2,16,19). The minimum atomic E-state index is -0.298. The predicted octanol–water partition coefficient (Wildman–Crippen LogP) is 2.69. The van der Waals surface area contributed by atoms with E-state index in [1.807, 2.05) is 11.7 Å². The van der Waals surface area contributed by atoms with Gasteiger partial charge >= 0.3 is 0 Å². The quantitative estimate of drug-likeness (QED) is 0.940. The lowest BCUT2D eigenvalue weighted by atomic mass is 9.90. The number of hydrogen-bond donors (Lipinski definition) is 1. The Morgan fingerprint density at radius 2 is 2.30 bits per heavy atom. The summed E-state index contributed by atoms with van der Waals surface area (Å²) in [5, 5.41) is 4.61. The van der Waals surface area contributed by atoms with Crippen LogP contribution in [0.5, 0.6) is 0 Å². The van der Waals surface area contributed by atoms with Crippen molar-refractivity contribution < 1.29 is 4.79 Å². The zero-order valence-corrected chi connectivity index (χ0v) is 12.7. The van der Waals surface area contributed by atoms with E-state index in [1.165, 1.54) is 16.0 Å². The minimum Gasteiger partial charge on any atom is -0.365 e. The minimum absolute atomic E-state index is 0.298. The molecule has 3 rings (SSSR count). The van der Waals surface area contributed by atoms with Gasteiger partial charge in [0.05, 0.1) is 10.6 Å². The van der Waals surface area contributed by atoms with Gasteiger partial charge in [0.25, 0.3) is 5.91 Å². The molecule has 0 radical (unpaired) electrons. The van der Waals surface area contributed by atoms with Crippen LogP contribution in [0.3, 0.4) is 0 Å². The van der Waals surface area contributed by atoms with Gasteiger partial charge in [0.1, 0.15) is 0 Å². The molecule has 2 aromatic rings. The van der Waals surface area contributed by atoms with Crippen LogP contribution >= 0.6 is 11.3 Å². The molecule has 106 valence electrons. The highest BCUT2D eigenvalue weighted by atomic mass is 32.1. The summed E-state index contributed by atoms with van der Waals surface area (Å²) in [6.45, 7) is 2.18. The molecule has 0 fully saturated rings. The maximum atomic E-state index is 11.7. The molecular formula is C15H19N3OS. The second-order valence-corrected chi connectivity index (χ2v) is 6.46. The van der Waals surface area contributed by atoms with Gasteiger partial charge in [0.15, 0.2) is 0 Å². The molecule has 0 saturated heterocycles. The average Bonchev–Trinajstić information content (AvgIpc) is 2.95. The van der Waals surface area contributed by atoms with Gasteiger partial charge in [0.2, 0.25) is 0 Å². The zero-order chi connectivity index (χ0) is 14.3. The van der Waals surface area contributed by atoms with Gasteiger partial charge in [-0.1, -0.05) is 13.3 Å². The van der Waals surface area contributed by atoms with Crippen molar-refractivity contribution in [3.63, 3.8) is 0 Å². The van der Waals surface area contributed by atoms with E-state index in [1.54, 1.807) is 11.3 Å². The molecule has 1 amide bonds. The van der Waals surface area contributed by atoms with E-state index in [9.17, 15) is 4.79 Å². The molecule has 0 atom stereocenters. The number of primary amides is 1. The second-order valence-electron chi connectivity index (χ2n) is 5.35. The summed E-state index contributed by atoms with van der Waals surface area (Å²) in [6.07, 6.45) is 7.21. The van der Waals surface area contributed by atoms with Gasteiger partial charge in [-0.15, -0.1) is 11.3 Å². The van der Waals surface area contributed by atoms with Crippen LogP contribution in [-0.2, 0) is 26.3 Å². The van der Waals surface area contributed by atoms with Gasteiger partial charge in [-0.05, 0) is 36.8 Å². The number of aromatic nitrogens is 2. The van der Waals surface area contributed by atoms with Gasteiger partial charge < -0.3 is 5.73 Å². The van der Waals surface area contributed by atoms with Crippen LogP contribution in [0.25, 0.3) is 11.3 Å². The average molecular weight is 289 g/mol. The van der Waals surface area contributed by atoms with E-state index in [0.717, 1.165) is 48.2 Å². The first-order valence-corrected chi connectivity index (χ1v) is 7.90. The molecule has 1 aliphatic rings. The molecule has 0 aliphatic heterocycles. The van der Waals surface area contributed by atoms with Crippen molar-refractivity contribution in [2.24, 2.45) is 12.8 Å². The van der Waals surface area contributed by atoms with Crippen LogP contribution in [0.1, 0.15) is 45.4 Å². The van der Waals surface area contributed by atoms with Crippen LogP contribution < -0.4 is 5.73 Å². The number of unbranched alkanes of at least 4 members (excludes halogenated alkanes) is 1. The van der Waals surface area contributed by atoms with E-state index in [2.05, 4.69) is 18.2 Å². The smallest absolute Gasteiger partial charge is 0.259 e. The number of amides is 1. The van der Waals surface area contributed by atoms with Gasteiger partial charge in [-0.25, -0.2) is 0 Å². The number of fused-ring (bicyclic) bond motifs is 3. The highest BCUT2D eigenvalue weighted by molar-refractivity contribution is 7.14. The normalized spacial score (nSPS) is 13.1. The highest BCUT2D eigenvalue weighted by Gasteiger charge is 2.28. The molecule has 0 bridgehead atoms. The third-order valence-electron chi connectivity index (χ3n) is 3.85. The number of aryl methyl sites for hydroxylation is 3. The van der Waals surface area contributed by atoms with Crippen molar-refractivity contribution in [1.29, 1.82) is 0 Å².